The first kappa shape index (κ1) is 12.5. The molecule has 0 fully saturated rings. The first-order valence-electron chi connectivity index (χ1n) is 5.23. The van der Waals surface area contributed by atoms with Crippen molar-refractivity contribution in [2.75, 3.05) is 5.32 Å². The molecule has 2 rings (SSSR count). The van der Waals surface area contributed by atoms with Gasteiger partial charge in [-0.2, -0.15) is 0 Å². The third-order valence-corrected chi connectivity index (χ3v) is 2.86. The van der Waals surface area contributed by atoms with Crippen LogP contribution in [-0.4, -0.2) is 9.91 Å². The van der Waals surface area contributed by atoms with Gasteiger partial charge in [-0.05, 0) is 23.8 Å². The molecule has 0 amide bonds. The number of pyridine rings is 1. The van der Waals surface area contributed by atoms with E-state index in [1.807, 2.05) is 24.3 Å². The van der Waals surface area contributed by atoms with Crippen LogP contribution in [-0.2, 0) is 6.54 Å². The molecule has 0 radical (unpaired) electrons. The molecule has 0 aliphatic rings. The van der Waals surface area contributed by atoms with Crippen LogP contribution in [0, 0.1) is 10.1 Å². The van der Waals surface area contributed by atoms with Crippen molar-refractivity contribution in [3.8, 4) is 0 Å². The molecule has 5 nitrogen and oxygen atoms in total. The van der Waals surface area contributed by atoms with Gasteiger partial charge < -0.3 is 5.32 Å². The Balaban J connectivity index is 2.13. The molecule has 1 N–H and O–H groups in total. The van der Waals surface area contributed by atoms with E-state index < -0.39 is 4.92 Å². The normalized spacial score (nSPS) is 10.1. The molecule has 0 aliphatic heterocycles. The molecule has 0 saturated heterocycles. The van der Waals surface area contributed by atoms with Gasteiger partial charge in [0.25, 0.3) is 0 Å². The van der Waals surface area contributed by atoms with Crippen molar-refractivity contribution in [2.24, 2.45) is 0 Å². The zero-order chi connectivity index (χ0) is 13.0. The molecule has 0 saturated carbocycles. The predicted octanol–water partition coefficient (Wildman–Crippen LogP) is 3.36. The van der Waals surface area contributed by atoms with Gasteiger partial charge in [-0.25, -0.2) is 0 Å². The molecular formula is C12H10BrN3O2. The van der Waals surface area contributed by atoms with Crippen molar-refractivity contribution in [1.82, 2.24) is 4.98 Å². The number of hydrogen-bond donors (Lipinski definition) is 1. The van der Waals surface area contributed by atoms with Crippen molar-refractivity contribution in [3.05, 3.63) is 62.9 Å². The van der Waals surface area contributed by atoms with E-state index in [0.717, 1.165) is 10.0 Å². The standard InChI is InChI=1S/C12H10BrN3O2/c13-10-3-1-2-9(6-10)7-15-11-4-5-14-8-12(11)16(17)18/h1-6,8H,7H2,(H,14,15). The number of nitro groups is 1. The van der Waals surface area contributed by atoms with Crippen LogP contribution in [0.5, 0.6) is 0 Å². The largest absolute Gasteiger partial charge is 0.375 e. The van der Waals surface area contributed by atoms with Gasteiger partial charge in [0.2, 0.25) is 0 Å². The summed E-state index contributed by atoms with van der Waals surface area (Å²) >= 11 is 3.38. The van der Waals surface area contributed by atoms with Crippen molar-refractivity contribution in [3.63, 3.8) is 0 Å². The Labute approximate surface area is 112 Å². The number of benzene rings is 1. The molecule has 1 heterocycles. The average molecular weight is 308 g/mol. The number of halogens is 1. The third-order valence-electron chi connectivity index (χ3n) is 2.37. The smallest absolute Gasteiger partial charge is 0.310 e. The van der Waals surface area contributed by atoms with Gasteiger partial charge in [-0.1, -0.05) is 28.1 Å². The van der Waals surface area contributed by atoms with E-state index in [1.54, 1.807) is 6.07 Å². The van der Waals surface area contributed by atoms with Crippen LogP contribution < -0.4 is 5.32 Å². The van der Waals surface area contributed by atoms with Crippen LogP contribution in [0.2, 0.25) is 0 Å². The highest BCUT2D eigenvalue weighted by atomic mass is 79.9. The summed E-state index contributed by atoms with van der Waals surface area (Å²) in [6.07, 6.45) is 2.76. The molecule has 18 heavy (non-hydrogen) atoms. The summed E-state index contributed by atoms with van der Waals surface area (Å²) in [7, 11) is 0. The number of hydrogen-bond acceptors (Lipinski definition) is 4. The van der Waals surface area contributed by atoms with E-state index in [-0.39, 0.29) is 5.69 Å². The van der Waals surface area contributed by atoms with Crippen LogP contribution in [0.3, 0.4) is 0 Å². The van der Waals surface area contributed by atoms with Gasteiger partial charge >= 0.3 is 5.69 Å². The maximum atomic E-state index is 10.8. The van der Waals surface area contributed by atoms with Crippen LogP contribution >= 0.6 is 15.9 Å². The van der Waals surface area contributed by atoms with Crippen LogP contribution in [0.1, 0.15) is 5.56 Å². The van der Waals surface area contributed by atoms with Gasteiger partial charge in [-0.15, -0.1) is 0 Å². The summed E-state index contributed by atoms with van der Waals surface area (Å²) < 4.78 is 0.978. The Morgan fingerprint density at radius 1 is 1.39 bits per heavy atom. The summed E-state index contributed by atoms with van der Waals surface area (Å²) in [6.45, 7) is 0.518. The lowest BCUT2D eigenvalue weighted by Crippen LogP contribution is -2.02. The van der Waals surface area contributed by atoms with E-state index in [9.17, 15) is 10.1 Å². The first-order valence-corrected chi connectivity index (χ1v) is 6.03. The molecule has 0 spiro atoms. The molecule has 0 bridgehead atoms. The number of rotatable bonds is 4. The minimum Gasteiger partial charge on any atom is -0.375 e. The van der Waals surface area contributed by atoms with Crippen molar-refractivity contribution >= 4 is 27.3 Å². The summed E-state index contributed by atoms with van der Waals surface area (Å²) in [5, 5.41) is 13.8. The number of nitrogens with zero attached hydrogens (tertiary/aromatic N) is 2. The monoisotopic (exact) mass is 307 g/mol. The highest BCUT2D eigenvalue weighted by Gasteiger charge is 2.12. The highest BCUT2D eigenvalue weighted by molar-refractivity contribution is 9.10. The topological polar surface area (TPSA) is 68.1 Å². The second kappa shape index (κ2) is 5.59. The fourth-order valence-corrected chi connectivity index (χ4v) is 1.97. The lowest BCUT2D eigenvalue weighted by Gasteiger charge is -2.06. The van der Waals surface area contributed by atoms with Crippen molar-refractivity contribution in [1.29, 1.82) is 0 Å². The van der Waals surface area contributed by atoms with E-state index >= 15 is 0 Å². The minimum absolute atomic E-state index is 0.0208. The molecule has 1 aromatic heterocycles. The van der Waals surface area contributed by atoms with E-state index in [0.29, 0.717) is 12.2 Å². The summed E-state index contributed by atoms with van der Waals surface area (Å²) in [5.74, 6) is 0. The van der Waals surface area contributed by atoms with Gasteiger partial charge in [-0.3, -0.25) is 15.1 Å². The third kappa shape index (κ3) is 3.04. The second-order valence-electron chi connectivity index (χ2n) is 3.63. The molecule has 0 unspecified atom stereocenters. The fraction of sp³-hybridized carbons (Fsp3) is 0.0833. The Hall–Kier alpha value is -1.95. The summed E-state index contributed by atoms with van der Waals surface area (Å²) in [6, 6.07) is 9.35. The zero-order valence-corrected chi connectivity index (χ0v) is 10.9. The first-order chi connectivity index (χ1) is 8.66. The predicted molar refractivity (Wildman–Crippen MR) is 72.4 cm³/mol. The van der Waals surface area contributed by atoms with Crippen LogP contribution in [0.4, 0.5) is 11.4 Å². The maximum absolute atomic E-state index is 10.8. The van der Waals surface area contributed by atoms with E-state index in [4.69, 9.17) is 0 Å². The van der Waals surface area contributed by atoms with Gasteiger partial charge in [0.1, 0.15) is 11.9 Å². The van der Waals surface area contributed by atoms with Gasteiger partial charge in [0, 0.05) is 17.2 Å². The molecule has 1 aromatic carbocycles. The summed E-state index contributed by atoms with van der Waals surface area (Å²) in [4.78, 5) is 14.1. The number of aromatic nitrogens is 1. The Bertz CT molecular complexity index is 575. The van der Waals surface area contributed by atoms with E-state index in [1.165, 1.54) is 12.4 Å². The zero-order valence-electron chi connectivity index (χ0n) is 9.34. The lowest BCUT2D eigenvalue weighted by atomic mass is 10.2. The van der Waals surface area contributed by atoms with E-state index in [2.05, 4.69) is 26.2 Å². The minimum atomic E-state index is -0.448. The molecule has 2 aromatic rings. The maximum Gasteiger partial charge on any atom is 0.310 e. The Morgan fingerprint density at radius 3 is 2.94 bits per heavy atom. The number of nitrogens with one attached hydrogen (secondary N) is 1. The second-order valence-corrected chi connectivity index (χ2v) is 4.55. The summed E-state index contributed by atoms with van der Waals surface area (Å²) in [5.41, 5.74) is 1.48. The molecule has 6 heteroatoms. The fourth-order valence-electron chi connectivity index (χ4n) is 1.53. The van der Waals surface area contributed by atoms with Crippen LogP contribution in [0.15, 0.2) is 47.2 Å². The molecular weight excluding hydrogens is 298 g/mol. The number of anilines is 1. The van der Waals surface area contributed by atoms with Crippen LogP contribution in [0.25, 0.3) is 0 Å². The lowest BCUT2D eigenvalue weighted by molar-refractivity contribution is -0.384. The average Bonchev–Trinajstić information content (AvgIpc) is 2.37. The quantitative estimate of drug-likeness (QED) is 0.694. The molecule has 92 valence electrons. The van der Waals surface area contributed by atoms with Crippen molar-refractivity contribution in [2.45, 2.75) is 6.54 Å². The molecule has 0 atom stereocenters. The molecule has 0 aliphatic carbocycles. The van der Waals surface area contributed by atoms with Crippen molar-refractivity contribution < 1.29 is 4.92 Å². The highest BCUT2D eigenvalue weighted by Crippen LogP contribution is 2.22. The SMILES string of the molecule is O=[N+]([O-])c1cnccc1NCc1cccc(Br)c1. The Kier molecular flexibility index (Phi) is 3.88. The van der Waals surface area contributed by atoms with Gasteiger partial charge in [0.15, 0.2) is 0 Å². The van der Waals surface area contributed by atoms with Gasteiger partial charge in [0.05, 0.1) is 4.92 Å². The Morgan fingerprint density at radius 2 is 2.22 bits per heavy atom.